The Bertz CT molecular complexity index is 1180. The van der Waals surface area contributed by atoms with Crippen molar-refractivity contribution in [2.75, 3.05) is 20.3 Å². The highest BCUT2D eigenvalue weighted by Gasteiger charge is 2.09. The van der Waals surface area contributed by atoms with Crippen LogP contribution < -0.4 is 9.47 Å². The molecule has 1 unspecified atom stereocenters. The van der Waals surface area contributed by atoms with Gasteiger partial charge in [-0.2, -0.15) is 0 Å². The van der Waals surface area contributed by atoms with E-state index in [0.717, 1.165) is 46.3 Å². The van der Waals surface area contributed by atoms with Crippen LogP contribution in [0.2, 0.25) is 0 Å². The second-order valence-electron chi connectivity index (χ2n) is 7.66. The lowest BCUT2D eigenvalue weighted by molar-refractivity contribution is -0.137. The van der Waals surface area contributed by atoms with E-state index in [9.17, 15) is 4.79 Å². The Morgan fingerprint density at radius 3 is 2.22 bits per heavy atom. The van der Waals surface area contributed by atoms with Gasteiger partial charge in [0.25, 0.3) is 0 Å². The maximum Gasteiger partial charge on any atom is 0.330 e. The summed E-state index contributed by atoms with van der Waals surface area (Å²) >= 11 is 0. The van der Waals surface area contributed by atoms with E-state index >= 15 is 0 Å². The van der Waals surface area contributed by atoms with Crippen molar-refractivity contribution in [2.24, 2.45) is 5.92 Å². The van der Waals surface area contributed by atoms with Crippen LogP contribution in [0, 0.1) is 29.6 Å². The normalized spacial score (nSPS) is 13.6. The number of rotatable bonds is 7. The van der Waals surface area contributed by atoms with Gasteiger partial charge in [-0.1, -0.05) is 56.3 Å². The fraction of sp³-hybridized carbons (Fsp3) is 0.281. The van der Waals surface area contributed by atoms with Gasteiger partial charge in [0.1, 0.15) is 11.5 Å². The lowest BCUT2D eigenvalue weighted by Gasteiger charge is -2.12. The number of methoxy groups -OCH3 is 1. The highest BCUT2D eigenvalue weighted by atomic mass is 16.5. The molecule has 2 aromatic rings. The van der Waals surface area contributed by atoms with Gasteiger partial charge in [0.2, 0.25) is 0 Å². The fourth-order valence-electron chi connectivity index (χ4n) is 3.22. The monoisotopic (exact) mass is 482 g/mol. The van der Waals surface area contributed by atoms with Gasteiger partial charge >= 0.3 is 5.97 Å². The maximum atomic E-state index is 11.0. The van der Waals surface area contributed by atoms with Gasteiger partial charge in [0.15, 0.2) is 0 Å². The van der Waals surface area contributed by atoms with Gasteiger partial charge < -0.3 is 14.2 Å². The van der Waals surface area contributed by atoms with Gasteiger partial charge in [-0.15, -0.1) is 0 Å². The second kappa shape index (κ2) is 15.7. The minimum Gasteiger partial charge on any atom is -0.497 e. The summed E-state index contributed by atoms with van der Waals surface area (Å²) in [6, 6.07) is 15.4. The maximum absolute atomic E-state index is 11.0. The van der Waals surface area contributed by atoms with E-state index in [0.29, 0.717) is 19.6 Å². The zero-order chi connectivity index (χ0) is 26.2. The van der Waals surface area contributed by atoms with Crippen molar-refractivity contribution in [3.63, 3.8) is 0 Å². The molecule has 4 heteroatoms. The summed E-state index contributed by atoms with van der Waals surface area (Å²) in [4.78, 5) is 11.0. The summed E-state index contributed by atoms with van der Waals surface area (Å²) in [6.07, 6.45) is 6.96. The van der Waals surface area contributed by atoms with Crippen LogP contribution in [0.15, 0.2) is 84.5 Å². The van der Waals surface area contributed by atoms with E-state index in [1.165, 1.54) is 0 Å². The molecule has 36 heavy (non-hydrogen) atoms. The van der Waals surface area contributed by atoms with E-state index in [4.69, 9.17) is 14.2 Å². The van der Waals surface area contributed by atoms with E-state index in [1.807, 2.05) is 62.4 Å². The average Bonchev–Trinajstić information content (AvgIpc) is 2.93. The first-order valence-electron chi connectivity index (χ1n) is 12.2. The molecular weight excluding hydrogens is 448 g/mol. The number of hydrogen-bond acceptors (Lipinski definition) is 4. The molecule has 3 rings (SSSR count). The number of benzene rings is 2. The summed E-state index contributed by atoms with van der Waals surface area (Å²) < 4.78 is 15.8. The zero-order valence-corrected chi connectivity index (χ0v) is 21.6. The summed E-state index contributed by atoms with van der Waals surface area (Å²) in [7, 11) is 1.66. The minimum atomic E-state index is -0.418. The lowest BCUT2D eigenvalue weighted by atomic mass is 9.91. The highest BCUT2D eigenvalue weighted by Crippen LogP contribution is 2.22. The van der Waals surface area contributed by atoms with Gasteiger partial charge in [0, 0.05) is 35.1 Å². The molecule has 2 aromatic carbocycles. The third kappa shape index (κ3) is 9.61. The molecule has 0 aliphatic heterocycles. The molecule has 1 aliphatic carbocycles. The average molecular weight is 483 g/mol. The molecule has 0 N–H and O–H groups in total. The van der Waals surface area contributed by atoms with Crippen LogP contribution in [0.25, 0.3) is 0 Å². The molecule has 1 atom stereocenters. The van der Waals surface area contributed by atoms with E-state index < -0.39 is 5.97 Å². The molecule has 1 aliphatic rings. The predicted molar refractivity (Wildman–Crippen MR) is 146 cm³/mol. The van der Waals surface area contributed by atoms with Crippen LogP contribution in [0.1, 0.15) is 44.7 Å². The number of allylic oxidation sites excluding steroid dienone is 4. The second-order valence-corrected chi connectivity index (χ2v) is 7.66. The third-order valence-corrected chi connectivity index (χ3v) is 5.11. The smallest absolute Gasteiger partial charge is 0.330 e. The van der Waals surface area contributed by atoms with Crippen molar-refractivity contribution >= 4 is 5.97 Å². The molecule has 0 bridgehead atoms. The quantitative estimate of drug-likeness (QED) is 0.195. The molecule has 0 radical (unpaired) electrons. The summed E-state index contributed by atoms with van der Waals surface area (Å²) in [6.45, 7) is 10.2. The number of ether oxygens (including phenoxy) is 3. The first-order valence-corrected chi connectivity index (χ1v) is 12.2. The molecular formula is C32H34O4. The molecule has 0 saturated carbocycles. The Morgan fingerprint density at radius 2 is 1.61 bits per heavy atom. The molecule has 0 amide bonds. The Morgan fingerprint density at radius 1 is 0.972 bits per heavy atom. The Hall–Kier alpha value is -4.15. The molecule has 0 spiro atoms. The molecule has 0 aromatic heterocycles. The molecule has 0 heterocycles. The van der Waals surface area contributed by atoms with Crippen molar-refractivity contribution in [3.05, 3.63) is 95.6 Å². The summed E-state index contributed by atoms with van der Waals surface area (Å²) in [5, 5.41) is 0. The van der Waals surface area contributed by atoms with E-state index in [1.54, 1.807) is 7.11 Å². The first kappa shape index (κ1) is 28.1. The van der Waals surface area contributed by atoms with E-state index in [-0.39, 0.29) is 5.92 Å². The summed E-state index contributed by atoms with van der Waals surface area (Å²) in [5.74, 6) is 14.4. The zero-order valence-electron chi connectivity index (χ0n) is 21.6. The number of hydrogen-bond donors (Lipinski definition) is 0. The first-order chi connectivity index (χ1) is 17.6. The molecule has 0 saturated heterocycles. The van der Waals surface area contributed by atoms with Crippen molar-refractivity contribution in [1.82, 2.24) is 0 Å². The van der Waals surface area contributed by atoms with Crippen LogP contribution >= 0.6 is 0 Å². The number of esters is 1. The molecule has 186 valence electrons. The standard InChI is InChI=1S/C30H28O4.C2H6/c1-4-30(31)34-21-5-20-33-29-18-12-25(13-19-29)8-14-27-15-9-26(22-23(27)2)7-6-24-10-16-28(32-3)17-11-24;1-2/h4,10-13,15-19,22,26H,1,5,9,20-21H2,2-3H3;1-2H3. The van der Waals surface area contributed by atoms with Crippen LogP contribution in [0.5, 0.6) is 11.5 Å². The largest absolute Gasteiger partial charge is 0.497 e. The van der Waals surface area contributed by atoms with Crippen molar-refractivity contribution < 1.29 is 19.0 Å². The van der Waals surface area contributed by atoms with Crippen molar-refractivity contribution in [3.8, 4) is 35.2 Å². The van der Waals surface area contributed by atoms with Crippen molar-refractivity contribution in [2.45, 2.75) is 33.6 Å². The predicted octanol–water partition coefficient (Wildman–Crippen LogP) is 6.52. The molecule has 4 nitrogen and oxygen atoms in total. The molecule has 0 fully saturated rings. The van der Waals surface area contributed by atoms with E-state index in [2.05, 4.69) is 49.3 Å². The van der Waals surface area contributed by atoms with Crippen LogP contribution in [-0.4, -0.2) is 26.3 Å². The summed E-state index contributed by atoms with van der Waals surface area (Å²) in [5.41, 5.74) is 4.08. The highest BCUT2D eigenvalue weighted by molar-refractivity contribution is 5.81. The van der Waals surface area contributed by atoms with Gasteiger partial charge in [-0.3, -0.25) is 0 Å². The van der Waals surface area contributed by atoms with Crippen LogP contribution in [0.4, 0.5) is 0 Å². The Kier molecular flexibility index (Phi) is 12.2. The number of carbonyl (C=O) groups is 1. The van der Waals surface area contributed by atoms with Crippen LogP contribution in [-0.2, 0) is 9.53 Å². The van der Waals surface area contributed by atoms with Gasteiger partial charge in [-0.05, 0) is 67.4 Å². The Labute approximate surface area is 215 Å². The lowest BCUT2D eigenvalue weighted by Crippen LogP contribution is -2.06. The number of carbonyl (C=O) groups excluding carboxylic acids is 1. The Balaban J connectivity index is 0.00000222. The van der Waals surface area contributed by atoms with Crippen molar-refractivity contribution in [1.29, 1.82) is 0 Å². The topological polar surface area (TPSA) is 44.8 Å². The third-order valence-electron chi connectivity index (χ3n) is 5.11. The SMILES string of the molecule is C=CC(=O)OCCCOc1ccc(C#CC2=CCC(C#Cc3ccc(OC)cc3)C=C2C)cc1.CC. The van der Waals surface area contributed by atoms with Crippen LogP contribution in [0.3, 0.4) is 0 Å². The minimum absolute atomic E-state index is 0.185. The fourth-order valence-corrected chi connectivity index (χ4v) is 3.22. The van der Waals surface area contributed by atoms with Gasteiger partial charge in [-0.25, -0.2) is 4.79 Å². The van der Waals surface area contributed by atoms with Gasteiger partial charge in [0.05, 0.1) is 20.3 Å².